The maximum Gasteiger partial charge on any atom is 0.560 e. The molecule has 0 aliphatic rings. The Morgan fingerprint density at radius 1 is 0.848 bits per heavy atom. The van der Waals surface area contributed by atoms with E-state index < -0.39 is 48.8 Å². The van der Waals surface area contributed by atoms with Gasteiger partial charge in [-0.15, -0.1) is 11.3 Å². The number of para-hydroxylation sites is 1. The van der Waals surface area contributed by atoms with Crippen molar-refractivity contribution in [3.8, 4) is 11.5 Å². The first kappa shape index (κ1) is 22.8. The molecule has 0 aliphatic carbocycles. The zero-order valence-corrected chi connectivity index (χ0v) is 18.0. The van der Waals surface area contributed by atoms with Crippen molar-refractivity contribution in [3.63, 3.8) is 0 Å². The fourth-order valence-electron chi connectivity index (χ4n) is 2.89. The standard InChI is InChI=1S/C22H11F5O4PS/c23-16-17(24)19(26)21(20(27)18(16)25)30-22(28)15-9-12-8-11(6-7-14(12)33-15)10-32(29)31-13-4-2-1-3-5-13/h1-9H,10H2/q+1. The molecular weight excluding hydrogens is 486 g/mol. The van der Waals surface area contributed by atoms with E-state index in [1.807, 2.05) is 0 Å². The molecule has 1 atom stereocenters. The van der Waals surface area contributed by atoms with Gasteiger partial charge in [-0.25, -0.2) is 18.0 Å². The molecule has 4 rings (SSSR count). The van der Waals surface area contributed by atoms with Crippen LogP contribution < -0.4 is 9.26 Å². The Morgan fingerprint density at radius 3 is 2.15 bits per heavy atom. The Morgan fingerprint density at radius 2 is 1.48 bits per heavy atom. The highest BCUT2D eigenvalue weighted by atomic mass is 32.1. The van der Waals surface area contributed by atoms with E-state index >= 15 is 0 Å². The van der Waals surface area contributed by atoms with E-state index in [1.165, 1.54) is 6.07 Å². The zero-order valence-electron chi connectivity index (χ0n) is 16.3. The van der Waals surface area contributed by atoms with Crippen molar-refractivity contribution in [2.24, 2.45) is 0 Å². The third-order valence-corrected chi connectivity index (χ3v) is 6.54. The van der Waals surface area contributed by atoms with E-state index in [2.05, 4.69) is 4.74 Å². The molecule has 0 fully saturated rings. The number of rotatable bonds is 6. The summed E-state index contributed by atoms with van der Waals surface area (Å²) in [5.74, 6) is -13.8. The summed E-state index contributed by atoms with van der Waals surface area (Å²) in [7, 11) is -2.07. The lowest BCUT2D eigenvalue weighted by Gasteiger charge is -2.07. The third-order valence-electron chi connectivity index (χ3n) is 4.41. The zero-order chi connectivity index (χ0) is 23.7. The van der Waals surface area contributed by atoms with Crippen molar-refractivity contribution in [3.05, 3.63) is 94.1 Å². The minimum Gasteiger partial charge on any atom is -0.416 e. The Hall–Kier alpha value is -3.36. The number of halogens is 5. The minimum atomic E-state index is -2.35. The molecular formula is C22H11F5O4PS+. The Kier molecular flexibility index (Phi) is 6.40. The summed E-state index contributed by atoms with van der Waals surface area (Å²) < 4.78 is 90.1. The highest BCUT2D eigenvalue weighted by molar-refractivity contribution is 7.38. The lowest BCUT2D eigenvalue weighted by atomic mass is 10.2. The normalized spacial score (nSPS) is 11.5. The van der Waals surface area contributed by atoms with Gasteiger partial charge in [-0.05, 0) is 40.3 Å². The van der Waals surface area contributed by atoms with Gasteiger partial charge in [0.15, 0.2) is 5.75 Å². The van der Waals surface area contributed by atoms with Crippen LogP contribution >= 0.6 is 19.4 Å². The maximum atomic E-state index is 13.8. The molecule has 4 aromatic rings. The molecule has 4 nitrogen and oxygen atoms in total. The summed E-state index contributed by atoms with van der Waals surface area (Å²) >= 11 is 0.893. The second-order valence-corrected chi connectivity index (χ2v) is 8.91. The SMILES string of the molecule is O=C(Oc1c(F)c(F)c(F)c(F)c1F)c1cc2cc(C[P+](=O)Oc3ccccc3)ccc2s1. The maximum absolute atomic E-state index is 13.8. The number of carbonyl (C=O) groups is 1. The summed E-state index contributed by atoms with van der Waals surface area (Å²) in [6, 6.07) is 14.9. The van der Waals surface area contributed by atoms with Crippen LogP contribution in [-0.4, -0.2) is 5.97 Å². The van der Waals surface area contributed by atoms with Crippen LogP contribution in [0.25, 0.3) is 10.1 Å². The number of benzene rings is 3. The molecule has 1 unspecified atom stereocenters. The van der Waals surface area contributed by atoms with Gasteiger partial charge in [0.25, 0.3) is 0 Å². The fourth-order valence-corrected chi connectivity index (χ4v) is 4.73. The number of fused-ring (bicyclic) bond motifs is 1. The van der Waals surface area contributed by atoms with Crippen LogP contribution in [0.3, 0.4) is 0 Å². The van der Waals surface area contributed by atoms with Crippen molar-refractivity contribution >= 4 is 35.4 Å². The minimum absolute atomic E-state index is 0.0837. The molecule has 0 saturated carbocycles. The van der Waals surface area contributed by atoms with E-state index in [1.54, 1.807) is 48.5 Å². The smallest absolute Gasteiger partial charge is 0.416 e. The van der Waals surface area contributed by atoms with Crippen molar-refractivity contribution in [2.75, 3.05) is 0 Å². The van der Waals surface area contributed by atoms with Crippen molar-refractivity contribution in [1.82, 2.24) is 0 Å². The first-order chi connectivity index (χ1) is 15.7. The highest BCUT2D eigenvalue weighted by Crippen LogP contribution is 2.35. The van der Waals surface area contributed by atoms with Gasteiger partial charge >= 0.3 is 14.0 Å². The molecule has 11 heteroatoms. The second kappa shape index (κ2) is 9.25. The van der Waals surface area contributed by atoms with Crippen LogP contribution in [0.1, 0.15) is 15.2 Å². The fraction of sp³-hybridized carbons (Fsp3) is 0.0455. The summed E-state index contributed by atoms with van der Waals surface area (Å²) in [5, 5.41) is 0.532. The molecule has 3 aromatic carbocycles. The summed E-state index contributed by atoms with van der Waals surface area (Å²) in [6.07, 6.45) is 0.0837. The van der Waals surface area contributed by atoms with Gasteiger partial charge in [0, 0.05) is 10.3 Å². The van der Waals surface area contributed by atoms with Crippen LogP contribution in [0.5, 0.6) is 11.5 Å². The topological polar surface area (TPSA) is 52.6 Å². The van der Waals surface area contributed by atoms with Gasteiger partial charge in [0.05, 0.1) is 0 Å². The quantitative estimate of drug-likeness (QED) is 0.0710. The van der Waals surface area contributed by atoms with Crippen LogP contribution in [0.4, 0.5) is 22.0 Å². The van der Waals surface area contributed by atoms with E-state index in [0.29, 0.717) is 21.4 Å². The van der Waals surface area contributed by atoms with Gasteiger partial charge in [0.2, 0.25) is 41.0 Å². The van der Waals surface area contributed by atoms with Gasteiger partial charge in [-0.1, -0.05) is 24.3 Å². The Labute approximate surface area is 188 Å². The molecule has 0 N–H and O–H groups in total. The molecule has 33 heavy (non-hydrogen) atoms. The molecule has 1 heterocycles. The van der Waals surface area contributed by atoms with E-state index in [9.17, 15) is 31.3 Å². The first-order valence-corrected chi connectivity index (χ1v) is 11.4. The molecule has 0 spiro atoms. The van der Waals surface area contributed by atoms with E-state index in [4.69, 9.17) is 4.52 Å². The van der Waals surface area contributed by atoms with Crippen molar-refractivity contribution < 1.29 is 40.6 Å². The van der Waals surface area contributed by atoms with Gasteiger partial charge in [-0.3, -0.25) is 4.52 Å². The van der Waals surface area contributed by atoms with Crippen LogP contribution in [-0.2, 0) is 10.7 Å². The molecule has 1 aromatic heterocycles. The van der Waals surface area contributed by atoms with Crippen molar-refractivity contribution in [1.29, 1.82) is 0 Å². The Balaban J connectivity index is 1.53. The molecule has 0 radical (unpaired) electrons. The molecule has 0 saturated heterocycles. The number of hydrogen-bond donors (Lipinski definition) is 0. The number of hydrogen-bond acceptors (Lipinski definition) is 5. The number of carbonyl (C=O) groups excluding carboxylic acids is 1. The number of esters is 1. The van der Waals surface area contributed by atoms with Gasteiger partial charge in [-0.2, -0.15) is 8.78 Å². The predicted molar refractivity (Wildman–Crippen MR) is 111 cm³/mol. The second-order valence-electron chi connectivity index (χ2n) is 6.67. The van der Waals surface area contributed by atoms with Gasteiger partial charge < -0.3 is 4.74 Å². The predicted octanol–water partition coefficient (Wildman–Crippen LogP) is 7.14. The van der Waals surface area contributed by atoms with E-state index in [0.717, 1.165) is 11.3 Å². The summed E-state index contributed by atoms with van der Waals surface area (Å²) in [6.45, 7) is 0. The molecule has 0 amide bonds. The lowest BCUT2D eigenvalue weighted by Crippen LogP contribution is -2.12. The van der Waals surface area contributed by atoms with Crippen LogP contribution in [0.15, 0.2) is 54.6 Å². The average Bonchev–Trinajstić information content (AvgIpc) is 3.23. The molecule has 0 bridgehead atoms. The number of ether oxygens (including phenoxy) is 1. The largest absolute Gasteiger partial charge is 0.560 e. The first-order valence-electron chi connectivity index (χ1n) is 9.18. The number of thiophene rings is 1. The summed E-state index contributed by atoms with van der Waals surface area (Å²) in [5.41, 5.74) is 0.636. The molecule has 0 aliphatic heterocycles. The van der Waals surface area contributed by atoms with Crippen LogP contribution in [0.2, 0.25) is 0 Å². The highest BCUT2D eigenvalue weighted by Gasteiger charge is 2.29. The lowest BCUT2D eigenvalue weighted by molar-refractivity contribution is 0.0721. The van der Waals surface area contributed by atoms with Crippen LogP contribution in [0, 0.1) is 29.1 Å². The van der Waals surface area contributed by atoms with Gasteiger partial charge in [0.1, 0.15) is 4.88 Å². The third kappa shape index (κ3) is 4.72. The Bertz CT molecular complexity index is 1360. The summed E-state index contributed by atoms with van der Waals surface area (Å²) in [4.78, 5) is 12.2. The average molecular weight is 497 g/mol. The monoisotopic (exact) mass is 497 g/mol. The molecule has 168 valence electrons. The van der Waals surface area contributed by atoms with E-state index in [-0.39, 0.29) is 11.0 Å². The van der Waals surface area contributed by atoms with Crippen molar-refractivity contribution in [2.45, 2.75) is 6.16 Å².